The quantitative estimate of drug-likeness (QED) is 0.152. The Morgan fingerprint density at radius 3 is 0.671 bits per heavy atom. The van der Waals surface area contributed by atoms with Crippen molar-refractivity contribution in [2.75, 3.05) is 0 Å². The van der Waals surface area contributed by atoms with Gasteiger partial charge in [-0.25, -0.2) is 0 Å². The van der Waals surface area contributed by atoms with Gasteiger partial charge in [0.25, 0.3) is 0 Å². The van der Waals surface area contributed by atoms with Crippen LogP contribution in [0.4, 0.5) is 0 Å². The second-order valence-corrected chi connectivity index (χ2v) is 22.9. The van der Waals surface area contributed by atoms with E-state index in [1.807, 2.05) is 0 Å². The molecule has 6 nitrogen and oxygen atoms in total. The number of hydrogen-bond acceptors (Lipinski definition) is 0. The summed E-state index contributed by atoms with van der Waals surface area (Å²) in [5, 5.41) is 14.8. The number of rotatable bonds is 7. The van der Waals surface area contributed by atoms with Crippen LogP contribution in [0, 0.1) is 0 Å². The first-order chi connectivity index (χ1) is 42.2. The molecule has 0 bridgehead atoms. The molecular formula is C79H50N6. The minimum absolute atomic E-state index is 0.813. The largest absolute Gasteiger partial charge is 0.336 e. The van der Waals surface area contributed by atoms with E-state index in [4.69, 9.17) is 0 Å². The molecule has 0 spiro atoms. The van der Waals surface area contributed by atoms with Crippen LogP contribution < -0.4 is 0 Å². The van der Waals surface area contributed by atoms with E-state index in [2.05, 4.69) is 319 Å². The molecule has 6 aromatic heterocycles. The van der Waals surface area contributed by atoms with Gasteiger partial charge in [-0.15, -0.1) is 0 Å². The van der Waals surface area contributed by atoms with E-state index in [1.165, 1.54) is 136 Å². The van der Waals surface area contributed by atoms with Crippen molar-refractivity contribution < 1.29 is 0 Å². The van der Waals surface area contributed by atoms with Crippen LogP contribution in [-0.4, -0.2) is 27.4 Å². The van der Waals surface area contributed by atoms with Gasteiger partial charge in [0.15, 0.2) is 0 Å². The molecule has 0 amide bonds. The lowest BCUT2D eigenvalue weighted by Gasteiger charge is -2.12. The van der Waals surface area contributed by atoms with Crippen LogP contribution in [-0.2, 0) is 6.54 Å². The minimum atomic E-state index is 0.813. The third-order valence-electron chi connectivity index (χ3n) is 18.4. The summed E-state index contributed by atoms with van der Waals surface area (Å²) in [5.74, 6) is 0. The average Bonchev–Trinajstić information content (AvgIpc) is 2.86. The summed E-state index contributed by atoms with van der Waals surface area (Å²) in [7, 11) is 0. The first-order valence-corrected chi connectivity index (χ1v) is 29.4. The highest BCUT2D eigenvalue weighted by Gasteiger charge is 2.22. The van der Waals surface area contributed by atoms with Crippen molar-refractivity contribution in [2.45, 2.75) is 6.54 Å². The highest BCUT2D eigenvalue weighted by molar-refractivity contribution is 6.17. The lowest BCUT2D eigenvalue weighted by atomic mass is 10.1. The van der Waals surface area contributed by atoms with Gasteiger partial charge in [-0.05, 0) is 139 Å². The molecule has 0 radical (unpaired) electrons. The Bertz CT molecular complexity index is 5960. The normalized spacial score (nSPS) is 12.3. The molecule has 0 atom stereocenters. The van der Waals surface area contributed by atoms with Crippen molar-refractivity contribution in [3.05, 3.63) is 297 Å². The predicted molar refractivity (Wildman–Crippen MR) is 357 cm³/mol. The molecule has 85 heavy (non-hydrogen) atoms. The fourth-order valence-electron chi connectivity index (χ4n) is 14.8. The average molecular weight is 1080 g/mol. The van der Waals surface area contributed by atoms with Gasteiger partial charge in [-0.3, -0.25) is 0 Å². The van der Waals surface area contributed by atoms with Gasteiger partial charge in [0.2, 0.25) is 0 Å². The molecule has 0 aliphatic heterocycles. The van der Waals surface area contributed by atoms with E-state index >= 15 is 0 Å². The number of fused-ring (bicyclic) bond motifs is 18. The molecular weight excluding hydrogens is 1030 g/mol. The van der Waals surface area contributed by atoms with Crippen LogP contribution in [0.25, 0.3) is 159 Å². The van der Waals surface area contributed by atoms with E-state index < -0.39 is 0 Å². The zero-order valence-electron chi connectivity index (χ0n) is 46.1. The smallest absolute Gasteiger partial charge is 0.0542 e. The van der Waals surface area contributed by atoms with Gasteiger partial charge < -0.3 is 27.4 Å². The summed E-state index contributed by atoms with van der Waals surface area (Å²) in [5.41, 5.74) is 21.3. The second-order valence-electron chi connectivity index (χ2n) is 22.9. The molecule has 6 heterocycles. The van der Waals surface area contributed by atoms with Crippen LogP contribution in [0.3, 0.4) is 0 Å². The van der Waals surface area contributed by atoms with Gasteiger partial charge in [0, 0.05) is 111 Å². The van der Waals surface area contributed by atoms with Gasteiger partial charge >= 0.3 is 0 Å². The second kappa shape index (κ2) is 17.6. The number of benzene rings is 13. The fraction of sp³-hybridized carbons (Fsp3) is 0.0127. The molecule has 6 heteroatoms. The Labute approximate surface area is 487 Å². The molecule has 13 aromatic carbocycles. The van der Waals surface area contributed by atoms with Crippen LogP contribution in [0.5, 0.6) is 0 Å². The first kappa shape index (κ1) is 46.3. The van der Waals surface area contributed by atoms with E-state index in [1.54, 1.807) is 0 Å². The molecule has 0 N–H and O–H groups in total. The molecule has 0 fully saturated rings. The van der Waals surface area contributed by atoms with Crippen molar-refractivity contribution in [1.82, 2.24) is 27.4 Å². The minimum Gasteiger partial charge on any atom is -0.336 e. The monoisotopic (exact) mass is 1080 g/mol. The van der Waals surface area contributed by atoms with Crippen LogP contribution >= 0.6 is 0 Å². The molecule has 0 aliphatic rings. The molecule has 0 unspecified atom stereocenters. The van der Waals surface area contributed by atoms with Crippen molar-refractivity contribution in [3.8, 4) is 28.4 Å². The number of para-hydroxylation sites is 7. The third kappa shape index (κ3) is 6.59. The molecule has 0 saturated carbocycles. The molecule has 0 aliphatic carbocycles. The van der Waals surface area contributed by atoms with E-state index in [9.17, 15) is 0 Å². The van der Waals surface area contributed by atoms with Crippen molar-refractivity contribution in [2.24, 2.45) is 0 Å². The Morgan fingerprint density at radius 2 is 0.365 bits per heavy atom. The molecule has 19 aromatic rings. The van der Waals surface area contributed by atoms with E-state index in [-0.39, 0.29) is 0 Å². The van der Waals surface area contributed by atoms with E-state index in [0.29, 0.717) is 0 Å². The summed E-state index contributed by atoms with van der Waals surface area (Å²) in [6, 6.07) is 108. The zero-order valence-corrected chi connectivity index (χ0v) is 46.1. The highest BCUT2D eigenvalue weighted by Crippen LogP contribution is 2.43. The predicted octanol–water partition coefficient (Wildman–Crippen LogP) is 20.3. The van der Waals surface area contributed by atoms with Crippen molar-refractivity contribution in [3.63, 3.8) is 0 Å². The Morgan fingerprint density at radius 1 is 0.165 bits per heavy atom. The molecule has 0 saturated heterocycles. The maximum atomic E-state index is 2.46. The highest BCUT2D eigenvalue weighted by atomic mass is 15.0. The standard InChI is InChI=1S/C79H50N6/c1-2-18-50(19-3-1)49-80-68-27-11-4-22-58(68)63-44-51(34-39-69(63)80)82-72-30-14-7-24-60(72)65-46-53(36-41-76(65)82)84-74-32-16-9-26-62(74)67-48-55(38-43-78(67)84)85-75-33-17-10-25-61(75)66-47-54(37-42-79(66)85)83-73-31-15-8-23-59(73)64-45-52(35-40-77(64)83)81-70-28-12-5-20-56(70)57-21-6-13-29-71(57)81/h1-48H,49H2. The lowest BCUT2D eigenvalue weighted by molar-refractivity contribution is 0.869. The Hall–Kier alpha value is -11.3. The van der Waals surface area contributed by atoms with Crippen molar-refractivity contribution >= 4 is 131 Å². The van der Waals surface area contributed by atoms with Crippen LogP contribution in [0.2, 0.25) is 0 Å². The first-order valence-electron chi connectivity index (χ1n) is 29.4. The van der Waals surface area contributed by atoms with Crippen LogP contribution in [0.1, 0.15) is 5.56 Å². The summed E-state index contributed by atoms with van der Waals surface area (Å²) < 4.78 is 14.7. The number of nitrogens with zero attached hydrogens (tertiary/aromatic N) is 6. The number of aromatic nitrogens is 6. The summed E-state index contributed by atoms with van der Waals surface area (Å²) in [4.78, 5) is 0. The topological polar surface area (TPSA) is 29.6 Å². The molecule has 396 valence electrons. The van der Waals surface area contributed by atoms with Crippen LogP contribution in [0.15, 0.2) is 291 Å². The molecule has 19 rings (SSSR count). The number of hydrogen-bond donors (Lipinski definition) is 0. The maximum Gasteiger partial charge on any atom is 0.0542 e. The van der Waals surface area contributed by atoms with Gasteiger partial charge in [-0.2, -0.15) is 0 Å². The SMILES string of the molecule is c1ccc(Cn2c3ccccc3c3cc(-n4c5ccccc5c5cc(-n6c7ccccc7c7cc(-n8c9ccccc9c9cc(-n%10c%11ccccc%11c%11cc(-n%12c%13ccccc%13c%13ccccc%13%12)ccc%11%10)ccc98)ccc76)ccc54)ccc32)cc1. The third-order valence-corrected chi connectivity index (χ3v) is 18.4. The van der Waals surface area contributed by atoms with Gasteiger partial charge in [0.1, 0.15) is 0 Å². The summed E-state index contributed by atoms with van der Waals surface area (Å²) in [6.45, 7) is 0.813. The lowest BCUT2D eigenvalue weighted by Crippen LogP contribution is -1.99. The Balaban J connectivity index is 0.737. The maximum absolute atomic E-state index is 2.46. The van der Waals surface area contributed by atoms with Crippen molar-refractivity contribution in [1.29, 1.82) is 0 Å². The van der Waals surface area contributed by atoms with E-state index in [0.717, 1.165) is 35.0 Å². The Kier molecular flexibility index (Phi) is 9.58. The van der Waals surface area contributed by atoms with Gasteiger partial charge in [-0.1, -0.05) is 158 Å². The summed E-state index contributed by atoms with van der Waals surface area (Å²) in [6.07, 6.45) is 0. The summed E-state index contributed by atoms with van der Waals surface area (Å²) >= 11 is 0. The zero-order chi connectivity index (χ0) is 55.4. The van der Waals surface area contributed by atoms with Gasteiger partial charge in [0.05, 0.1) is 55.2 Å². The fourth-order valence-corrected chi connectivity index (χ4v) is 14.8.